The minimum Gasteiger partial charge on any atom is -0.501 e. The van der Waals surface area contributed by atoms with Gasteiger partial charge >= 0.3 is 5.97 Å². The monoisotopic (exact) mass is 288 g/mol. The SMILES string of the molecule is C=C1C(c2ccoc2)[C@@H]2C[C@]1(C(=O)OC)C(=O)C=C2OC. The number of hydrogen-bond acceptors (Lipinski definition) is 5. The average Bonchev–Trinajstić information content (AvgIpc) is 3.08. The van der Waals surface area contributed by atoms with Gasteiger partial charge in [0.25, 0.3) is 0 Å². The minimum atomic E-state index is -1.30. The number of methoxy groups -OCH3 is 2. The summed E-state index contributed by atoms with van der Waals surface area (Å²) in [4.78, 5) is 24.8. The molecule has 0 aromatic carbocycles. The number of carbonyl (C=O) groups excluding carboxylic acids is 2. The van der Waals surface area contributed by atoms with Crippen LogP contribution in [-0.4, -0.2) is 26.0 Å². The minimum absolute atomic E-state index is 0.114. The molecule has 2 aliphatic rings. The molecule has 3 atom stereocenters. The lowest BCUT2D eigenvalue weighted by molar-refractivity contribution is -0.154. The summed E-state index contributed by atoms with van der Waals surface area (Å²) in [5, 5.41) is 0. The molecule has 21 heavy (non-hydrogen) atoms. The van der Waals surface area contributed by atoms with E-state index in [1.165, 1.54) is 20.3 Å². The number of ketones is 1. The molecule has 0 aliphatic heterocycles. The number of fused-ring (bicyclic) bond motifs is 2. The van der Waals surface area contributed by atoms with Crippen molar-refractivity contribution in [3.63, 3.8) is 0 Å². The van der Waals surface area contributed by atoms with Crippen LogP contribution >= 0.6 is 0 Å². The van der Waals surface area contributed by atoms with Crippen LogP contribution in [-0.2, 0) is 19.1 Å². The normalized spacial score (nSPS) is 31.0. The topological polar surface area (TPSA) is 65.7 Å². The van der Waals surface area contributed by atoms with Gasteiger partial charge in [0, 0.05) is 17.9 Å². The number of hydrogen-bond donors (Lipinski definition) is 0. The van der Waals surface area contributed by atoms with Crippen LogP contribution in [0.4, 0.5) is 0 Å². The molecule has 5 nitrogen and oxygen atoms in total. The largest absolute Gasteiger partial charge is 0.501 e. The Morgan fingerprint density at radius 1 is 1.48 bits per heavy atom. The quantitative estimate of drug-likeness (QED) is 0.484. The molecule has 1 saturated carbocycles. The Morgan fingerprint density at radius 3 is 2.81 bits per heavy atom. The Hall–Kier alpha value is -2.30. The highest BCUT2D eigenvalue weighted by Gasteiger charge is 2.62. The maximum absolute atomic E-state index is 12.5. The van der Waals surface area contributed by atoms with Crippen molar-refractivity contribution >= 4 is 11.8 Å². The third kappa shape index (κ3) is 1.63. The molecule has 0 N–H and O–H groups in total. The molecule has 1 aromatic heterocycles. The highest BCUT2D eigenvalue weighted by molar-refractivity contribution is 6.14. The summed E-state index contributed by atoms with van der Waals surface area (Å²) in [5.41, 5.74) is 0.131. The summed E-state index contributed by atoms with van der Waals surface area (Å²) in [6.45, 7) is 4.04. The molecular formula is C16H16O5. The fourth-order valence-corrected chi connectivity index (χ4v) is 3.56. The van der Waals surface area contributed by atoms with Gasteiger partial charge in [0.15, 0.2) is 11.2 Å². The Morgan fingerprint density at radius 2 is 2.24 bits per heavy atom. The van der Waals surface area contributed by atoms with Crippen molar-refractivity contribution in [2.75, 3.05) is 14.2 Å². The van der Waals surface area contributed by atoms with E-state index in [1.807, 2.05) is 6.07 Å². The molecule has 0 saturated heterocycles. The zero-order chi connectivity index (χ0) is 15.2. The molecule has 1 heterocycles. The first-order valence-electron chi connectivity index (χ1n) is 6.66. The van der Waals surface area contributed by atoms with Crippen LogP contribution in [0.5, 0.6) is 0 Å². The predicted octanol–water partition coefficient (Wildman–Crippen LogP) is 2.21. The van der Waals surface area contributed by atoms with Crippen LogP contribution in [0.15, 0.2) is 47.0 Å². The van der Waals surface area contributed by atoms with Crippen molar-refractivity contribution < 1.29 is 23.5 Å². The lowest BCUT2D eigenvalue weighted by atomic mass is 9.75. The average molecular weight is 288 g/mol. The summed E-state index contributed by atoms with van der Waals surface area (Å²) in [5.74, 6) is -0.611. The molecule has 0 spiro atoms. The first-order valence-corrected chi connectivity index (χ1v) is 6.66. The lowest BCUT2D eigenvalue weighted by Gasteiger charge is -2.27. The van der Waals surface area contributed by atoms with E-state index in [0.717, 1.165) is 5.56 Å². The van der Waals surface area contributed by atoms with Gasteiger partial charge in [0.2, 0.25) is 0 Å². The molecule has 3 rings (SSSR count). The van der Waals surface area contributed by atoms with Gasteiger partial charge in [-0.1, -0.05) is 6.58 Å². The van der Waals surface area contributed by atoms with Crippen molar-refractivity contribution in [2.24, 2.45) is 11.3 Å². The third-order valence-corrected chi connectivity index (χ3v) is 4.58. The molecular weight excluding hydrogens is 272 g/mol. The van der Waals surface area contributed by atoms with E-state index in [4.69, 9.17) is 13.9 Å². The van der Waals surface area contributed by atoms with E-state index < -0.39 is 11.4 Å². The summed E-state index contributed by atoms with van der Waals surface area (Å²) >= 11 is 0. The molecule has 5 heteroatoms. The summed E-state index contributed by atoms with van der Waals surface area (Å²) in [6, 6.07) is 1.82. The van der Waals surface area contributed by atoms with Crippen LogP contribution in [0.3, 0.4) is 0 Å². The maximum Gasteiger partial charge on any atom is 0.323 e. The van der Waals surface area contributed by atoms with Gasteiger partial charge < -0.3 is 13.9 Å². The van der Waals surface area contributed by atoms with Crippen molar-refractivity contribution in [1.29, 1.82) is 0 Å². The Labute approximate surface area is 122 Å². The third-order valence-electron chi connectivity index (χ3n) is 4.58. The Balaban J connectivity index is 2.16. The van der Waals surface area contributed by atoms with E-state index in [0.29, 0.717) is 17.8 Å². The van der Waals surface area contributed by atoms with Gasteiger partial charge in [-0.25, -0.2) is 0 Å². The van der Waals surface area contributed by atoms with E-state index in [-0.39, 0.29) is 17.6 Å². The van der Waals surface area contributed by atoms with Gasteiger partial charge in [-0.2, -0.15) is 0 Å². The zero-order valence-corrected chi connectivity index (χ0v) is 11.9. The summed E-state index contributed by atoms with van der Waals surface area (Å²) < 4.78 is 15.4. The number of furan rings is 1. The second-order valence-electron chi connectivity index (χ2n) is 5.38. The van der Waals surface area contributed by atoms with Gasteiger partial charge in [-0.05, 0) is 23.6 Å². The van der Waals surface area contributed by atoms with E-state index in [1.54, 1.807) is 12.5 Å². The molecule has 2 bridgehead atoms. The fraction of sp³-hybridized carbons (Fsp3) is 0.375. The second kappa shape index (κ2) is 4.62. The van der Waals surface area contributed by atoms with Crippen LogP contribution < -0.4 is 0 Å². The number of rotatable bonds is 3. The molecule has 2 aliphatic carbocycles. The van der Waals surface area contributed by atoms with Crippen LogP contribution in [0, 0.1) is 11.3 Å². The first kappa shape index (κ1) is 13.7. The summed E-state index contributed by atoms with van der Waals surface area (Å²) in [6.07, 6.45) is 4.90. The predicted molar refractivity (Wildman–Crippen MR) is 73.2 cm³/mol. The van der Waals surface area contributed by atoms with Crippen molar-refractivity contribution in [3.8, 4) is 0 Å². The van der Waals surface area contributed by atoms with E-state index in [9.17, 15) is 9.59 Å². The second-order valence-corrected chi connectivity index (χ2v) is 5.38. The van der Waals surface area contributed by atoms with Crippen LogP contribution in [0.1, 0.15) is 17.9 Å². The van der Waals surface area contributed by atoms with Crippen LogP contribution in [0.2, 0.25) is 0 Å². The van der Waals surface area contributed by atoms with Gasteiger partial charge in [-0.15, -0.1) is 0 Å². The maximum atomic E-state index is 12.5. The number of esters is 1. The molecule has 0 radical (unpaired) electrons. The lowest BCUT2D eigenvalue weighted by Crippen LogP contribution is -2.40. The molecule has 1 fully saturated rings. The summed E-state index contributed by atoms with van der Waals surface area (Å²) in [7, 11) is 2.81. The number of ether oxygens (including phenoxy) is 2. The zero-order valence-electron chi connectivity index (χ0n) is 11.9. The molecule has 1 unspecified atom stereocenters. The Kier molecular flexibility index (Phi) is 3.01. The smallest absolute Gasteiger partial charge is 0.323 e. The fourth-order valence-electron chi connectivity index (χ4n) is 3.56. The standard InChI is InChI=1S/C16H16O5/c1-9-14(10-4-5-21-8-10)11-7-16(9,15(18)20-3)13(17)6-12(11)19-2/h4-6,8,11,14H,1,7H2,2-3H3/t11-,14?,16-/m1/s1. The molecule has 110 valence electrons. The van der Waals surface area contributed by atoms with Crippen molar-refractivity contribution in [2.45, 2.75) is 12.3 Å². The van der Waals surface area contributed by atoms with Crippen molar-refractivity contribution in [1.82, 2.24) is 0 Å². The molecule has 0 amide bonds. The van der Waals surface area contributed by atoms with Gasteiger partial charge in [0.1, 0.15) is 5.76 Å². The van der Waals surface area contributed by atoms with E-state index >= 15 is 0 Å². The number of carbonyl (C=O) groups is 2. The Bertz CT molecular complexity index is 640. The van der Waals surface area contributed by atoms with Crippen molar-refractivity contribution in [3.05, 3.63) is 48.1 Å². The highest BCUT2D eigenvalue weighted by atomic mass is 16.5. The van der Waals surface area contributed by atoms with Crippen LogP contribution in [0.25, 0.3) is 0 Å². The first-order chi connectivity index (χ1) is 10.1. The highest BCUT2D eigenvalue weighted by Crippen LogP contribution is 2.59. The number of allylic oxidation sites excluding steroid dienone is 2. The van der Waals surface area contributed by atoms with E-state index in [2.05, 4.69) is 6.58 Å². The van der Waals surface area contributed by atoms with Gasteiger partial charge in [-0.3, -0.25) is 9.59 Å². The van der Waals surface area contributed by atoms with Gasteiger partial charge in [0.05, 0.1) is 26.7 Å². The molecule has 1 aromatic rings.